The van der Waals surface area contributed by atoms with Gasteiger partial charge in [-0.2, -0.15) is 8.78 Å². The summed E-state index contributed by atoms with van der Waals surface area (Å²) in [5, 5.41) is -0.184. The normalized spacial score (nSPS) is 18.4. The zero-order valence-electron chi connectivity index (χ0n) is 15.5. The number of sulfone groups is 1. The summed E-state index contributed by atoms with van der Waals surface area (Å²) in [4.78, 5) is 30.0. The maximum absolute atomic E-state index is 12.6. The van der Waals surface area contributed by atoms with E-state index in [1.54, 1.807) is 0 Å². The molecule has 156 valence electrons. The van der Waals surface area contributed by atoms with Gasteiger partial charge in [-0.25, -0.2) is 18.2 Å². The van der Waals surface area contributed by atoms with Crippen LogP contribution in [-0.2, 0) is 19.4 Å². The Bertz CT molecular complexity index is 818. The third-order valence-electron chi connectivity index (χ3n) is 4.05. The molecule has 1 aromatic rings. The Balaban J connectivity index is 2.05. The van der Waals surface area contributed by atoms with Gasteiger partial charge in [-0.15, -0.1) is 0 Å². The minimum absolute atomic E-state index is 0.0171. The lowest BCUT2D eigenvalue weighted by molar-refractivity contribution is -0.137. The van der Waals surface area contributed by atoms with E-state index in [9.17, 15) is 26.8 Å². The first-order valence-corrected chi connectivity index (χ1v) is 11.4. The molecule has 7 nitrogen and oxygen atoms in total. The summed E-state index contributed by atoms with van der Waals surface area (Å²) in [7, 11) is -3.18. The fourth-order valence-electron chi connectivity index (χ4n) is 2.88. The van der Waals surface area contributed by atoms with Gasteiger partial charge >= 0.3 is 5.97 Å². The molecule has 1 amide bonds. The Morgan fingerprint density at radius 1 is 1.39 bits per heavy atom. The number of thioether (sulfide) groups is 1. The predicted molar refractivity (Wildman–Crippen MR) is 100.0 cm³/mol. The second-order valence-corrected chi connectivity index (χ2v) is 10.0. The van der Waals surface area contributed by atoms with Gasteiger partial charge in [0.15, 0.2) is 16.4 Å². The average Bonchev–Trinajstić information content (AvgIpc) is 2.96. The first-order chi connectivity index (χ1) is 13.1. The van der Waals surface area contributed by atoms with Crippen LogP contribution in [0.5, 0.6) is 0 Å². The van der Waals surface area contributed by atoms with E-state index in [1.807, 2.05) is 13.8 Å². The molecular formula is C17H22F2N2O5S2. The monoisotopic (exact) mass is 436 g/mol. The van der Waals surface area contributed by atoms with Gasteiger partial charge in [-0.3, -0.25) is 4.79 Å². The third kappa shape index (κ3) is 6.40. The molecule has 1 aliphatic heterocycles. The van der Waals surface area contributed by atoms with E-state index in [-0.39, 0.29) is 39.8 Å². The number of ether oxygens (including phenoxy) is 1. The van der Waals surface area contributed by atoms with E-state index >= 15 is 0 Å². The summed E-state index contributed by atoms with van der Waals surface area (Å²) in [5.74, 6) is -4.21. The third-order valence-corrected chi connectivity index (χ3v) is 6.53. The standard InChI is InChI=1S/C17H22F2N2O5S2/c1-11(2)8-21(12-5-7-28(24,25)10-12)14(22)9-26-16(23)13-4-3-6-20-15(13)27-17(18)19/h3-4,6,11-12,17H,5,7-10H2,1-2H3. The lowest BCUT2D eigenvalue weighted by atomic mass is 10.1. The van der Waals surface area contributed by atoms with Crippen molar-refractivity contribution in [3.05, 3.63) is 23.9 Å². The largest absolute Gasteiger partial charge is 0.452 e. The van der Waals surface area contributed by atoms with Crippen molar-refractivity contribution in [1.82, 2.24) is 9.88 Å². The lowest BCUT2D eigenvalue weighted by Crippen LogP contribution is -2.45. The molecular weight excluding hydrogens is 414 g/mol. The zero-order chi connectivity index (χ0) is 20.9. The molecule has 1 unspecified atom stereocenters. The molecule has 0 N–H and O–H groups in total. The number of pyridine rings is 1. The van der Waals surface area contributed by atoms with Crippen LogP contribution < -0.4 is 0 Å². The van der Waals surface area contributed by atoms with Crippen molar-refractivity contribution in [1.29, 1.82) is 0 Å². The summed E-state index contributed by atoms with van der Waals surface area (Å²) in [6.07, 6.45) is 1.62. The molecule has 0 saturated carbocycles. The molecule has 11 heteroatoms. The number of rotatable bonds is 8. The number of aromatic nitrogens is 1. The number of alkyl halides is 2. The molecule has 1 aromatic heterocycles. The first-order valence-electron chi connectivity index (χ1n) is 8.66. The van der Waals surface area contributed by atoms with Crippen LogP contribution >= 0.6 is 11.8 Å². The highest BCUT2D eigenvalue weighted by molar-refractivity contribution is 7.99. The van der Waals surface area contributed by atoms with Crippen molar-refractivity contribution in [2.45, 2.75) is 37.1 Å². The Labute approximate surface area is 166 Å². The van der Waals surface area contributed by atoms with Crippen LogP contribution in [0, 0.1) is 5.92 Å². The van der Waals surface area contributed by atoms with E-state index < -0.39 is 40.1 Å². The van der Waals surface area contributed by atoms with Gasteiger partial charge in [0.1, 0.15) is 5.03 Å². The van der Waals surface area contributed by atoms with E-state index in [4.69, 9.17) is 4.74 Å². The fraction of sp³-hybridized carbons (Fsp3) is 0.588. The summed E-state index contributed by atoms with van der Waals surface area (Å²) >= 11 is 0.115. The molecule has 0 radical (unpaired) electrons. The second kappa shape index (κ2) is 9.64. The molecule has 0 aliphatic carbocycles. The molecule has 28 heavy (non-hydrogen) atoms. The minimum atomic E-state index is -3.18. The number of esters is 1. The number of halogens is 2. The molecule has 1 aliphatic rings. The van der Waals surface area contributed by atoms with Crippen molar-refractivity contribution in [3.8, 4) is 0 Å². The van der Waals surface area contributed by atoms with Gasteiger partial charge < -0.3 is 9.64 Å². The van der Waals surface area contributed by atoms with Crippen molar-refractivity contribution >= 4 is 33.5 Å². The van der Waals surface area contributed by atoms with Crippen molar-refractivity contribution in [2.75, 3.05) is 24.7 Å². The van der Waals surface area contributed by atoms with Crippen molar-refractivity contribution in [2.24, 2.45) is 5.92 Å². The molecule has 0 aromatic carbocycles. The Hall–Kier alpha value is -1.75. The van der Waals surface area contributed by atoms with Crippen LogP contribution in [0.2, 0.25) is 0 Å². The van der Waals surface area contributed by atoms with Crippen LogP contribution in [0.1, 0.15) is 30.6 Å². The first kappa shape index (κ1) is 22.5. The van der Waals surface area contributed by atoms with Gasteiger partial charge in [-0.1, -0.05) is 13.8 Å². The van der Waals surface area contributed by atoms with E-state index in [1.165, 1.54) is 23.2 Å². The molecule has 1 saturated heterocycles. The van der Waals surface area contributed by atoms with E-state index in [0.29, 0.717) is 13.0 Å². The molecule has 0 bridgehead atoms. The molecule has 2 heterocycles. The predicted octanol–water partition coefficient (Wildman–Crippen LogP) is 2.22. The SMILES string of the molecule is CC(C)CN(C(=O)COC(=O)c1cccnc1SC(F)F)C1CCS(=O)(=O)C1. The number of nitrogens with zero attached hydrogens (tertiary/aromatic N) is 2. The average molecular weight is 437 g/mol. The quantitative estimate of drug-likeness (QED) is 0.456. The van der Waals surface area contributed by atoms with Gasteiger partial charge in [0.25, 0.3) is 11.7 Å². The van der Waals surface area contributed by atoms with Gasteiger partial charge in [-0.05, 0) is 36.2 Å². The highest BCUT2D eigenvalue weighted by atomic mass is 32.2. The Kier molecular flexibility index (Phi) is 7.76. The number of carbonyl (C=O) groups is 2. The maximum atomic E-state index is 12.6. The summed E-state index contributed by atoms with van der Waals surface area (Å²) in [6, 6.07) is 2.24. The minimum Gasteiger partial charge on any atom is -0.452 e. The van der Waals surface area contributed by atoms with Gasteiger partial charge in [0.2, 0.25) is 0 Å². The van der Waals surface area contributed by atoms with Crippen LogP contribution in [0.3, 0.4) is 0 Å². The van der Waals surface area contributed by atoms with Crippen LogP contribution in [0.25, 0.3) is 0 Å². The van der Waals surface area contributed by atoms with Crippen LogP contribution in [0.15, 0.2) is 23.4 Å². The topological polar surface area (TPSA) is 93.6 Å². The Morgan fingerprint density at radius 2 is 2.11 bits per heavy atom. The van der Waals surface area contributed by atoms with Crippen LogP contribution in [0.4, 0.5) is 8.78 Å². The Morgan fingerprint density at radius 3 is 2.68 bits per heavy atom. The highest BCUT2D eigenvalue weighted by Crippen LogP contribution is 2.26. The molecule has 2 rings (SSSR count). The van der Waals surface area contributed by atoms with Crippen molar-refractivity contribution in [3.63, 3.8) is 0 Å². The fourth-order valence-corrected chi connectivity index (χ4v) is 5.18. The van der Waals surface area contributed by atoms with Crippen molar-refractivity contribution < 1.29 is 31.5 Å². The van der Waals surface area contributed by atoms with Gasteiger partial charge in [0, 0.05) is 18.8 Å². The highest BCUT2D eigenvalue weighted by Gasteiger charge is 2.35. The summed E-state index contributed by atoms with van der Waals surface area (Å²) < 4.78 is 53.7. The maximum Gasteiger partial charge on any atom is 0.341 e. The number of hydrogen-bond donors (Lipinski definition) is 0. The number of amides is 1. The summed E-state index contributed by atoms with van der Waals surface area (Å²) in [6.45, 7) is 3.50. The van der Waals surface area contributed by atoms with E-state index in [2.05, 4.69) is 4.98 Å². The van der Waals surface area contributed by atoms with Gasteiger partial charge in [0.05, 0.1) is 17.1 Å². The number of hydrogen-bond acceptors (Lipinski definition) is 7. The molecule has 1 fully saturated rings. The lowest BCUT2D eigenvalue weighted by Gasteiger charge is -2.29. The molecule has 0 spiro atoms. The smallest absolute Gasteiger partial charge is 0.341 e. The van der Waals surface area contributed by atoms with E-state index in [0.717, 1.165) is 0 Å². The number of carbonyl (C=O) groups excluding carboxylic acids is 2. The second-order valence-electron chi connectivity index (χ2n) is 6.81. The summed E-state index contributed by atoms with van der Waals surface area (Å²) in [5.41, 5.74) is -0.153. The zero-order valence-corrected chi connectivity index (χ0v) is 17.1. The van der Waals surface area contributed by atoms with Crippen LogP contribution in [-0.4, -0.2) is 66.6 Å². The molecule has 1 atom stereocenters.